The molecule has 0 fully saturated rings. The number of fused-ring (bicyclic) bond motifs is 3. The summed E-state index contributed by atoms with van der Waals surface area (Å²) in [7, 11) is 1.41. The van der Waals surface area contributed by atoms with Gasteiger partial charge in [-0.3, -0.25) is 0 Å². The summed E-state index contributed by atoms with van der Waals surface area (Å²) in [6.45, 7) is 0.134. The Morgan fingerprint density at radius 2 is 1.57 bits per heavy atom. The molecule has 3 aromatic rings. The SMILES string of the molecule is COc1ccc(C(=O)O)cc1ONC(=O)OCC1c2ccccc2-c2ccccc21. The summed E-state index contributed by atoms with van der Waals surface area (Å²) in [6.07, 6.45) is -0.792. The number of methoxy groups -OCH3 is 1. The number of rotatable bonds is 6. The number of carboxylic acids is 1. The largest absolute Gasteiger partial charge is 0.493 e. The molecule has 0 heterocycles. The van der Waals surface area contributed by atoms with Gasteiger partial charge in [0, 0.05) is 12.0 Å². The highest BCUT2D eigenvalue weighted by atomic mass is 16.7. The molecule has 0 unspecified atom stereocenters. The maximum absolute atomic E-state index is 12.2. The number of nitrogens with one attached hydrogen (secondary N) is 1. The second-order valence-corrected chi connectivity index (χ2v) is 6.70. The van der Waals surface area contributed by atoms with Gasteiger partial charge in [-0.2, -0.15) is 5.48 Å². The molecule has 0 bridgehead atoms. The van der Waals surface area contributed by atoms with E-state index in [2.05, 4.69) is 17.6 Å². The van der Waals surface area contributed by atoms with Crippen LogP contribution in [0.3, 0.4) is 0 Å². The van der Waals surface area contributed by atoms with Crippen LogP contribution in [0.25, 0.3) is 11.1 Å². The Bertz CT molecular complexity index is 1060. The van der Waals surface area contributed by atoms with Gasteiger partial charge in [0.05, 0.1) is 12.7 Å². The molecule has 0 spiro atoms. The van der Waals surface area contributed by atoms with Crippen molar-refractivity contribution in [1.82, 2.24) is 5.48 Å². The van der Waals surface area contributed by atoms with Crippen LogP contribution < -0.4 is 15.1 Å². The van der Waals surface area contributed by atoms with E-state index in [1.54, 1.807) is 0 Å². The summed E-state index contributed by atoms with van der Waals surface area (Å²) in [4.78, 5) is 28.6. The zero-order valence-electron chi connectivity index (χ0n) is 16.1. The van der Waals surface area contributed by atoms with Gasteiger partial charge < -0.3 is 19.4 Å². The molecule has 7 nitrogen and oxygen atoms in total. The van der Waals surface area contributed by atoms with Crippen LogP contribution in [0.5, 0.6) is 11.5 Å². The van der Waals surface area contributed by atoms with Crippen LogP contribution in [0.15, 0.2) is 66.7 Å². The molecular weight excluding hydrogens is 386 g/mol. The Labute approximate surface area is 172 Å². The van der Waals surface area contributed by atoms with Crippen LogP contribution in [-0.4, -0.2) is 30.9 Å². The summed E-state index contributed by atoms with van der Waals surface area (Å²) in [6, 6.07) is 20.1. The third kappa shape index (κ3) is 3.65. The van der Waals surface area contributed by atoms with Crippen LogP contribution in [0.1, 0.15) is 27.4 Å². The van der Waals surface area contributed by atoms with E-state index in [-0.39, 0.29) is 29.6 Å². The minimum Gasteiger partial charge on any atom is -0.493 e. The van der Waals surface area contributed by atoms with Crippen LogP contribution >= 0.6 is 0 Å². The normalized spacial score (nSPS) is 11.9. The summed E-state index contributed by atoms with van der Waals surface area (Å²) < 4.78 is 10.5. The van der Waals surface area contributed by atoms with E-state index in [1.165, 1.54) is 25.3 Å². The third-order valence-electron chi connectivity index (χ3n) is 5.00. The topological polar surface area (TPSA) is 94.1 Å². The summed E-state index contributed by atoms with van der Waals surface area (Å²) >= 11 is 0. The van der Waals surface area contributed by atoms with Crippen molar-refractivity contribution in [3.05, 3.63) is 83.4 Å². The smallest absolute Gasteiger partial charge is 0.440 e. The molecular formula is C23H19NO6. The lowest BCUT2D eigenvalue weighted by Crippen LogP contribution is -2.29. The molecule has 152 valence electrons. The number of aromatic carboxylic acids is 1. The molecule has 7 heteroatoms. The second kappa shape index (κ2) is 8.16. The van der Waals surface area contributed by atoms with Crippen molar-refractivity contribution in [2.24, 2.45) is 0 Å². The van der Waals surface area contributed by atoms with E-state index in [4.69, 9.17) is 19.4 Å². The van der Waals surface area contributed by atoms with Gasteiger partial charge in [0.1, 0.15) is 6.61 Å². The highest BCUT2D eigenvalue weighted by Crippen LogP contribution is 2.44. The third-order valence-corrected chi connectivity index (χ3v) is 5.00. The summed E-state index contributed by atoms with van der Waals surface area (Å²) in [5.74, 6) is -0.860. The number of carbonyl (C=O) groups excluding carboxylic acids is 1. The number of amides is 1. The molecule has 0 aliphatic heterocycles. The number of hydroxylamine groups is 1. The summed E-state index contributed by atoms with van der Waals surface area (Å²) in [5.41, 5.74) is 6.64. The first-order valence-electron chi connectivity index (χ1n) is 9.27. The van der Waals surface area contributed by atoms with Crippen molar-refractivity contribution >= 4 is 12.1 Å². The van der Waals surface area contributed by atoms with E-state index in [1.807, 2.05) is 36.4 Å². The first kappa shape index (κ1) is 19.3. The van der Waals surface area contributed by atoms with Crippen molar-refractivity contribution < 1.29 is 29.0 Å². The zero-order valence-corrected chi connectivity index (χ0v) is 16.1. The Morgan fingerprint density at radius 1 is 0.933 bits per heavy atom. The van der Waals surface area contributed by atoms with Gasteiger partial charge in [0.15, 0.2) is 11.5 Å². The minimum absolute atomic E-state index is 0.000127. The average molecular weight is 405 g/mol. The molecule has 1 amide bonds. The van der Waals surface area contributed by atoms with Gasteiger partial charge in [-0.05, 0) is 34.4 Å². The van der Waals surface area contributed by atoms with Gasteiger partial charge >= 0.3 is 12.1 Å². The van der Waals surface area contributed by atoms with Crippen molar-refractivity contribution in [2.75, 3.05) is 13.7 Å². The monoisotopic (exact) mass is 405 g/mol. The van der Waals surface area contributed by atoms with Crippen LogP contribution in [0.4, 0.5) is 4.79 Å². The van der Waals surface area contributed by atoms with Gasteiger partial charge in [-0.25, -0.2) is 9.59 Å². The number of ether oxygens (including phenoxy) is 2. The molecule has 0 saturated heterocycles. The zero-order chi connectivity index (χ0) is 21.1. The minimum atomic E-state index is -1.12. The maximum Gasteiger partial charge on any atom is 0.440 e. The molecule has 0 radical (unpaired) electrons. The van der Waals surface area contributed by atoms with Gasteiger partial charge in [-0.15, -0.1) is 0 Å². The van der Waals surface area contributed by atoms with Crippen molar-refractivity contribution in [3.8, 4) is 22.6 Å². The molecule has 1 aliphatic carbocycles. The van der Waals surface area contributed by atoms with E-state index in [0.717, 1.165) is 22.3 Å². The lowest BCUT2D eigenvalue weighted by molar-refractivity contribution is 0.0696. The Hall–Kier alpha value is -4.00. The number of hydrogen-bond acceptors (Lipinski definition) is 5. The molecule has 0 saturated carbocycles. The fourth-order valence-electron chi connectivity index (χ4n) is 3.61. The molecule has 0 aromatic heterocycles. The molecule has 2 N–H and O–H groups in total. The number of carbonyl (C=O) groups is 2. The van der Waals surface area contributed by atoms with Crippen molar-refractivity contribution in [3.63, 3.8) is 0 Å². The number of carboxylic acid groups (broad SMARTS) is 1. The average Bonchev–Trinajstić information content (AvgIpc) is 3.09. The molecule has 0 atom stereocenters. The highest BCUT2D eigenvalue weighted by Gasteiger charge is 2.29. The Kier molecular flexibility index (Phi) is 5.26. The van der Waals surface area contributed by atoms with Crippen molar-refractivity contribution in [2.45, 2.75) is 5.92 Å². The lowest BCUT2D eigenvalue weighted by atomic mass is 9.98. The first-order chi connectivity index (χ1) is 14.6. The van der Waals surface area contributed by atoms with E-state index >= 15 is 0 Å². The fraction of sp³-hybridized carbons (Fsp3) is 0.130. The first-order valence-corrected chi connectivity index (χ1v) is 9.27. The highest BCUT2D eigenvalue weighted by molar-refractivity contribution is 5.88. The maximum atomic E-state index is 12.2. The van der Waals surface area contributed by atoms with Crippen LogP contribution in [0, 0.1) is 0 Å². The quantitative estimate of drug-likeness (QED) is 0.596. The Morgan fingerprint density at radius 3 is 2.17 bits per heavy atom. The van der Waals surface area contributed by atoms with Crippen LogP contribution in [-0.2, 0) is 4.74 Å². The van der Waals surface area contributed by atoms with E-state index in [9.17, 15) is 9.59 Å². The second-order valence-electron chi connectivity index (χ2n) is 6.70. The summed E-state index contributed by atoms with van der Waals surface area (Å²) in [5, 5.41) is 9.11. The standard InChI is InChI=1S/C23H19NO6/c1-28-20-11-10-14(22(25)26)12-21(20)30-24-23(27)29-13-19-17-8-4-2-6-15(17)16-7-3-5-9-18(16)19/h2-12,19H,13H2,1H3,(H,24,27)(H,25,26). The molecule has 4 rings (SSSR count). The predicted octanol–water partition coefficient (Wildman–Crippen LogP) is 4.23. The predicted molar refractivity (Wildman–Crippen MR) is 109 cm³/mol. The van der Waals surface area contributed by atoms with Gasteiger partial charge in [0.2, 0.25) is 0 Å². The molecule has 1 aliphatic rings. The van der Waals surface area contributed by atoms with E-state index in [0.29, 0.717) is 0 Å². The van der Waals surface area contributed by atoms with Crippen LogP contribution in [0.2, 0.25) is 0 Å². The fourth-order valence-corrected chi connectivity index (χ4v) is 3.61. The lowest BCUT2D eigenvalue weighted by Gasteiger charge is -2.15. The van der Waals surface area contributed by atoms with E-state index < -0.39 is 12.1 Å². The molecule has 30 heavy (non-hydrogen) atoms. The van der Waals surface area contributed by atoms with Gasteiger partial charge in [0.25, 0.3) is 0 Å². The van der Waals surface area contributed by atoms with Gasteiger partial charge in [-0.1, -0.05) is 48.5 Å². The number of benzene rings is 3. The number of hydrogen-bond donors (Lipinski definition) is 2. The Balaban J connectivity index is 1.43. The van der Waals surface area contributed by atoms with Crippen molar-refractivity contribution in [1.29, 1.82) is 0 Å². The molecule has 3 aromatic carbocycles.